The van der Waals surface area contributed by atoms with E-state index < -0.39 is 14.9 Å². The molecule has 0 aliphatic rings. The van der Waals surface area contributed by atoms with Gasteiger partial charge >= 0.3 is 0 Å². The summed E-state index contributed by atoms with van der Waals surface area (Å²) in [5.74, 6) is 0. The van der Waals surface area contributed by atoms with Crippen molar-refractivity contribution in [3.8, 4) is 0 Å². The monoisotopic (exact) mass is 182 g/mol. The summed E-state index contributed by atoms with van der Waals surface area (Å²) < 4.78 is 10.9. The lowest BCUT2D eigenvalue weighted by Crippen LogP contribution is -2.27. The molecule has 0 aromatic heterocycles. The predicted molar refractivity (Wildman–Crippen MR) is 44.6 cm³/mol. The lowest BCUT2D eigenvalue weighted by atomic mass is 10.9. The Bertz CT molecular complexity index is 149. The fourth-order valence-corrected chi connectivity index (χ4v) is 4.46. The Kier molecular flexibility index (Phi) is 3.29. The minimum Gasteiger partial charge on any atom is -0.329 e. The molecule has 5 heteroatoms. The van der Waals surface area contributed by atoms with Crippen LogP contribution in [0.3, 0.4) is 0 Å². The van der Waals surface area contributed by atoms with Crippen LogP contribution >= 0.6 is 7.14 Å². The quantitative estimate of drug-likeness (QED) is 0.516. The SMILES string of the molecule is CC[Si](C)(CC)P(=O)(O)O. The number of hydrogen-bond donors (Lipinski definition) is 2. The molecule has 0 heterocycles. The highest BCUT2D eigenvalue weighted by Gasteiger charge is 2.41. The van der Waals surface area contributed by atoms with Crippen molar-refractivity contribution < 1.29 is 14.4 Å². The second-order valence-corrected chi connectivity index (χ2v) is 13.2. The molecule has 0 atom stereocenters. The van der Waals surface area contributed by atoms with Crippen molar-refractivity contribution in [2.45, 2.75) is 32.5 Å². The van der Waals surface area contributed by atoms with Gasteiger partial charge in [-0.05, 0) is 12.1 Å². The van der Waals surface area contributed by atoms with Crippen molar-refractivity contribution in [1.29, 1.82) is 0 Å². The third kappa shape index (κ3) is 1.92. The van der Waals surface area contributed by atoms with Crippen LogP contribution in [-0.2, 0) is 4.57 Å². The van der Waals surface area contributed by atoms with E-state index in [0.29, 0.717) is 12.1 Å². The van der Waals surface area contributed by atoms with E-state index in [1.807, 2.05) is 13.8 Å². The number of rotatable bonds is 3. The van der Waals surface area contributed by atoms with Gasteiger partial charge in [0.25, 0.3) is 7.14 Å². The molecule has 0 aromatic rings. The molecule has 0 bridgehead atoms. The van der Waals surface area contributed by atoms with Gasteiger partial charge in [0.1, 0.15) is 0 Å². The van der Waals surface area contributed by atoms with Crippen molar-refractivity contribution in [1.82, 2.24) is 0 Å². The standard InChI is InChI=1S/C5H15O3PSi/c1-4-10(3,5-2)9(6,7)8/h4-5H2,1-3H3,(H2,6,7,8). The van der Waals surface area contributed by atoms with Gasteiger partial charge in [-0.1, -0.05) is 20.4 Å². The van der Waals surface area contributed by atoms with E-state index in [1.54, 1.807) is 6.55 Å². The molecule has 0 spiro atoms. The topological polar surface area (TPSA) is 57.5 Å². The molecule has 10 heavy (non-hydrogen) atoms. The molecule has 0 radical (unpaired) electrons. The average molecular weight is 182 g/mol. The maximum Gasteiger partial charge on any atom is 0.292 e. The Labute approximate surface area is 62.5 Å². The Morgan fingerprint density at radius 2 is 1.60 bits per heavy atom. The second-order valence-electron chi connectivity index (χ2n) is 2.75. The molecule has 0 fully saturated rings. The molecule has 0 rings (SSSR count). The van der Waals surface area contributed by atoms with Gasteiger partial charge in [-0.15, -0.1) is 0 Å². The summed E-state index contributed by atoms with van der Waals surface area (Å²) >= 11 is 0. The molecule has 2 N–H and O–H groups in total. The van der Waals surface area contributed by atoms with E-state index in [-0.39, 0.29) is 0 Å². The van der Waals surface area contributed by atoms with E-state index in [4.69, 9.17) is 9.79 Å². The minimum atomic E-state index is -3.75. The summed E-state index contributed by atoms with van der Waals surface area (Å²) in [6, 6.07) is 1.32. The first-order valence-electron chi connectivity index (χ1n) is 3.43. The van der Waals surface area contributed by atoms with Crippen LogP contribution in [-0.4, -0.2) is 17.5 Å². The molecule has 0 amide bonds. The highest BCUT2D eigenvalue weighted by Crippen LogP contribution is 2.50. The van der Waals surface area contributed by atoms with E-state index in [0.717, 1.165) is 0 Å². The summed E-state index contributed by atoms with van der Waals surface area (Å²) in [6.45, 7) is 5.47. The summed E-state index contributed by atoms with van der Waals surface area (Å²) in [6.07, 6.45) is 0. The Morgan fingerprint density at radius 3 is 1.60 bits per heavy atom. The zero-order valence-corrected chi connectivity index (χ0v) is 8.56. The van der Waals surface area contributed by atoms with Gasteiger partial charge in [-0.3, -0.25) is 4.57 Å². The van der Waals surface area contributed by atoms with Crippen LogP contribution in [0.25, 0.3) is 0 Å². The highest BCUT2D eigenvalue weighted by molar-refractivity contribution is 7.91. The van der Waals surface area contributed by atoms with Crippen LogP contribution in [0.5, 0.6) is 0 Å². The van der Waals surface area contributed by atoms with Crippen molar-refractivity contribution in [2.75, 3.05) is 0 Å². The molecular formula is C5H15O3PSi. The van der Waals surface area contributed by atoms with Crippen LogP contribution in [0, 0.1) is 0 Å². The fraction of sp³-hybridized carbons (Fsp3) is 1.00. The summed E-state index contributed by atoms with van der Waals surface area (Å²) in [4.78, 5) is 17.8. The smallest absolute Gasteiger partial charge is 0.292 e. The van der Waals surface area contributed by atoms with Crippen molar-refractivity contribution >= 4 is 14.9 Å². The van der Waals surface area contributed by atoms with Crippen LogP contribution in [0.1, 0.15) is 13.8 Å². The molecule has 3 nitrogen and oxygen atoms in total. The first-order chi connectivity index (χ1) is 4.37. The van der Waals surface area contributed by atoms with Gasteiger partial charge in [0.2, 0.25) is 0 Å². The average Bonchev–Trinajstić information content (AvgIpc) is 1.84. The van der Waals surface area contributed by atoms with E-state index in [9.17, 15) is 4.57 Å². The zero-order valence-electron chi connectivity index (χ0n) is 6.66. The lowest BCUT2D eigenvalue weighted by molar-refractivity contribution is 0.390. The molecule has 0 aromatic carbocycles. The van der Waals surface area contributed by atoms with Gasteiger partial charge in [0.15, 0.2) is 7.74 Å². The number of hydrogen-bond acceptors (Lipinski definition) is 1. The van der Waals surface area contributed by atoms with Crippen LogP contribution in [0.15, 0.2) is 0 Å². The Morgan fingerprint density at radius 1 is 1.30 bits per heavy atom. The minimum absolute atomic E-state index is 0.660. The molecule has 0 aliphatic carbocycles. The third-order valence-electron chi connectivity index (χ3n) is 2.23. The Hall–Kier alpha value is 0.367. The maximum atomic E-state index is 10.9. The predicted octanol–water partition coefficient (Wildman–Crippen LogP) is 1.78. The van der Waals surface area contributed by atoms with E-state index in [1.165, 1.54) is 0 Å². The molecule has 62 valence electrons. The van der Waals surface area contributed by atoms with Gasteiger partial charge in [0, 0.05) is 0 Å². The van der Waals surface area contributed by atoms with E-state index in [2.05, 4.69) is 0 Å². The first-order valence-corrected chi connectivity index (χ1v) is 8.80. The van der Waals surface area contributed by atoms with Crippen molar-refractivity contribution in [3.05, 3.63) is 0 Å². The Balaban J connectivity index is 4.50. The fourth-order valence-electron chi connectivity index (χ4n) is 0.662. The largest absolute Gasteiger partial charge is 0.329 e. The molecule has 0 saturated heterocycles. The van der Waals surface area contributed by atoms with Gasteiger partial charge in [-0.25, -0.2) is 0 Å². The highest BCUT2D eigenvalue weighted by atomic mass is 31.4. The summed E-state index contributed by atoms with van der Waals surface area (Å²) in [5, 5.41) is 0. The van der Waals surface area contributed by atoms with Gasteiger partial charge in [-0.2, -0.15) is 0 Å². The van der Waals surface area contributed by atoms with Crippen LogP contribution in [0.4, 0.5) is 0 Å². The molecule has 0 unspecified atom stereocenters. The third-order valence-corrected chi connectivity index (χ3v) is 12.8. The molecular weight excluding hydrogens is 167 g/mol. The van der Waals surface area contributed by atoms with Gasteiger partial charge in [0.05, 0.1) is 0 Å². The molecule has 0 saturated carbocycles. The maximum absolute atomic E-state index is 10.9. The van der Waals surface area contributed by atoms with Crippen molar-refractivity contribution in [2.24, 2.45) is 0 Å². The second kappa shape index (κ2) is 3.18. The normalized spacial score (nSPS) is 13.7. The van der Waals surface area contributed by atoms with Crippen LogP contribution < -0.4 is 0 Å². The lowest BCUT2D eigenvalue weighted by Gasteiger charge is -2.24. The first kappa shape index (κ1) is 10.4. The van der Waals surface area contributed by atoms with E-state index >= 15 is 0 Å². The van der Waals surface area contributed by atoms with Gasteiger partial charge < -0.3 is 9.79 Å². The summed E-state index contributed by atoms with van der Waals surface area (Å²) in [5.41, 5.74) is 0. The summed E-state index contributed by atoms with van der Waals surface area (Å²) in [7, 11) is -5.98. The van der Waals surface area contributed by atoms with Crippen molar-refractivity contribution in [3.63, 3.8) is 0 Å². The van der Waals surface area contributed by atoms with Crippen LogP contribution in [0.2, 0.25) is 18.6 Å². The molecule has 0 aliphatic heterocycles. The zero-order chi connectivity index (χ0) is 8.41.